The SMILES string of the molecule is Cc1ccc(-c2cn3cccc(C)c3n2)cc1S(=O)(=O)N1CCCCCC1. The predicted octanol–water partition coefficient (Wildman–Crippen LogP) is 4.18. The van der Waals surface area contributed by atoms with E-state index >= 15 is 0 Å². The Balaban J connectivity index is 1.77. The van der Waals surface area contributed by atoms with E-state index in [1.807, 2.05) is 54.9 Å². The van der Waals surface area contributed by atoms with Gasteiger partial charge in [-0.1, -0.05) is 31.0 Å². The first-order valence-corrected chi connectivity index (χ1v) is 11.0. The van der Waals surface area contributed by atoms with Gasteiger partial charge in [-0.3, -0.25) is 0 Å². The number of sulfonamides is 1. The molecule has 1 aromatic carbocycles. The van der Waals surface area contributed by atoms with Crippen molar-refractivity contribution in [3.05, 3.63) is 53.9 Å². The molecule has 5 nitrogen and oxygen atoms in total. The van der Waals surface area contributed by atoms with E-state index in [0.29, 0.717) is 18.0 Å². The van der Waals surface area contributed by atoms with Crippen molar-refractivity contribution in [2.24, 2.45) is 0 Å². The molecule has 1 aliphatic rings. The molecule has 0 aliphatic carbocycles. The minimum absolute atomic E-state index is 0.399. The van der Waals surface area contributed by atoms with Crippen LogP contribution in [-0.4, -0.2) is 35.2 Å². The lowest BCUT2D eigenvalue weighted by Gasteiger charge is -2.21. The molecule has 0 spiro atoms. The van der Waals surface area contributed by atoms with Crippen LogP contribution in [-0.2, 0) is 10.0 Å². The van der Waals surface area contributed by atoms with Gasteiger partial charge in [-0.2, -0.15) is 4.31 Å². The third-order valence-corrected chi connectivity index (χ3v) is 7.39. The number of hydrogen-bond acceptors (Lipinski definition) is 3. The van der Waals surface area contributed by atoms with E-state index in [2.05, 4.69) is 0 Å². The van der Waals surface area contributed by atoms with E-state index in [1.165, 1.54) is 0 Å². The van der Waals surface area contributed by atoms with Crippen LogP contribution in [0.1, 0.15) is 36.8 Å². The van der Waals surface area contributed by atoms with Gasteiger partial charge in [0.2, 0.25) is 10.0 Å². The second kappa shape index (κ2) is 7.09. The topological polar surface area (TPSA) is 54.7 Å². The van der Waals surface area contributed by atoms with Gasteiger partial charge >= 0.3 is 0 Å². The molecular weight excluding hydrogens is 358 g/mol. The van der Waals surface area contributed by atoms with Crippen molar-refractivity contribution in [3.63, 3.8) is 0 Å². The lowest BCUT2D eigenvalue weighted by Crippen LogP contribution is -2.32. The number of aryl methyl sites for hydroxylation is 2. The van der Waals surface area contributed by atoms with Crippen molar-refractivity contribution in [1.82, 2.24) is 13.7 Å². The third-order valence-electron chi connectivity index (χ3n) is 5.34. The Morgan fingerprint density at radius 3 is 2.41 bits per heavy atom. The zero-order valence-corrected chi connectivity index (χ0v) is 16.7. The molecule has 142 valence electrons. The van der Waals surface area contributed by atoms with Gasteiger partial charge in [0.05, 0.1) is 10.6 Å². The maximum atomic E-state index is 13.3. The molecule has 0 saturated carbocycles. The molecule has 1 aliphatic heterocycles. The van der Waals surface area contributed by atoms with E-state index in [0.717, 1.165) is 53.7 Å². The van der Waals surface area contributed by atoms with Crippen molar-refractivity contribution in [1.29, 1.82) is 0 Å². The zero-order chi connectivity index (χ0) is 19.0. The monoisotopic (exact) mass is 383 g/mol. The minimum atomic E-state index is -3.49. The minimum Gasteiger partial charge on any atom is -0.306 e. The van der Waals surface area contributed by atoms with Crippen molar-refractivity contribution in [2.45, 2.75) is 44.4 Å². The first-order valence-electron chi connectivity index (χ1n) is 9.52. The second-order valence-electron chi connectivity index (χ2n) is 7.35. The molecule has 27 heavy (non-hydrogen) atoms. The largest absolute Gasteiger partial charge is 0.306 e. The Hall–Kier alpha value is -2.18. The third kappa shape index (κ3) is 3.39. The summed E-state index contributed by atoms with van der Waals surface area (Å²) in [6.07, 6.45) is 7.99. The van der Waals surface area contributed by atoms with Crippen LogP contribution in [0.3, 0.4) is 0 Å². The van der Waals surface area contributed by atoms with Crippen LogP contribution in [0.25, 0.3) is 16.9 Å². The predicted molar refractivity (Wildman–Crippen MR) is 107 cm³/mol. The maximum Gasteiger partial charge on any atom is 0.243 e. The summed E-state index contributed by atoms with van der Waals surface area (Å²) in [6.45, 7) is 5.11. The van der Waals surface area contributed by atoms with Crippen LogP contribution in [0.5, 0.6) is 0 Å². The number of fused-ring (bicyclic) bond motifs is 1. The Kier molecular flexibility index (Phi) is 4.78. The number of rotatable bonds is 3. The van der Waals surface area contributed by atoms with Crippen LogP contribution < -0.4 is 0 Å². The lowest BCUT2D eigenvalue weighted by molar-refractivity contribution is 0.423. The smallest absolute Gasteiger partial charge is 0.243 e. The van der Waals surface area contributed by atoms with Crippen molar-refractivity contribution in [2.75, 3.05) is 13.1 Å². The Morgan fingerprint density at radius 2 is 1.70 bits per heavy atom. The summed E-state index contributed by atoms with van der Waals surface area (Å²) in [5.41, 5.74) is 4.38. The highest BCUT2D eigenvalue weighted by Gasteiger charge is 2.27. The van der Waals surface area contributed by atoms with Gasteiger partial charge in [0.25, 0.3) is 0 Å². The van der Waals surface area contributed by atoms with E-state index in [-0.39, 0.29) is 0 Å². The molecule has 6 heteroatoms. The molecule has 3 heterocycles. The van der Waals surface area contributed by atoms with Gasteiger partial charge in [-0.25, -0.2) is 13.4 Å². The zero-order valence-electron chi connectivity index (χ0n) is 15.9. The van der Waals surface area contributed by atoms with Crippen LogP contribution in [0.15, 0.2) is 47.6 Å². The van der Waals surface area contributed by atoms with Gasteiger partial charge < -0.3 is 4.40 Å². The number of benzene rings is 1. The van der Waals surface area contributed by atoms with Gasteiger partial charge in [0, 0.05) is 31.0 Å². The average molecular weight is 384 g/mol. The molecule has 0 bridgehead atoms. The Labute approximate surface area is 160 Å². The number of pyridine rings is 1. The van der Waals surface area contributed by atoms with Crippen molar-refractivity contribution in [3.8, 4) is 11.3 Å². The Morgan fingerprint density at radius 1 is 0.963 bits per heavy atom. The van der Waals surface area contributed by atoms with Gasteiger partial charge in [0.1, 0.15) is 5.65 Å². The van der Waals surface area contributed by atoms with E-state index in [4.69, 9.17) is 4.98 Å². The summed E-state index contributed by atoms with van der Waals surface area (Å²) in [5, 5.41) is 0. The number of nitrogens with zero attached hydrogens (tertiary/aromatic N) is 3. The summed E-state index contributed by atoms with van der Waals surface area (Å²) < 4.78 is 30.2. The molecule has 1 saturated heterocycles. The van der Waals surface area contributed by atoms with Gasteiger partial charge in [-0.15, -0.1) is 0 Å². The summed E-state index contributed by atoms with van der Waals surface area (Å²) in [5.74, 6) is 0. The first kappa shape index (κ1) is 18.2. The first-order chi connectivity index (χ1) is 13.0. The molecule has 0 atom stereocenters. The summed E-state index contributed by atoms with van der Waals surface area (Å²) >= 11 is 0. The highest BCUT2D eigenvalue weighted by atomic mass is 32.2. The molecule has 2 aromatic heterocycles. The van der Waals surface area contributed by atoms with Crippen LogP contribution in [0.2, 0.25) is 0 Å². The van der Waals surface area contributed by atoms with Crippen molar-refractivity contribution < 1.29 is 8.42 Å². The standard InChI is InChI=1S/C21H25N3O2S/c1-16-9-10-18(19-15-23-11-7-8-17(2)21(23)22-19)14-20(16)27(25,26)24-12-5-3-4-6-13-24/h7-11,14-15H,3-6,12-13H2,1-2H3. The molecule has 3 aromatic rings. The number of imidazole rings is 1. The fourth-order valence-corrected chi connectivity index (χ4v) is 5.52. The molecular formula is C21H25N3O2S. The maximum absolute atomic E-state index is 13.3. The highest BCUT2D eigenvalue weighted by molar-refractivity contribution is 7.89. The summed E-state index contributed by atoms with van der Waals surface area (Å²) in [6, 6.07) is 9.63. The normalized spacial score (nSPS) is 16.5. The summed E-state index contributed by atoms with van der Waals surface area (Å²) in [4.78, 5) is 5.12. The van der Waals surface area contributed by atoms with E-state index in [9.17, 15) is 8.42 Å². The van der Waals surface area contributed by atoms with Crippen LogP contribution >= 0.6 is 0 Å². The highest BCUT2D eigenvalue weighted by Crippen LogP contribution is 2.28. The number of hydrogen-bond donors (Lipinski definition) is 0. The van der Waals surface area contributed by atoms with Crippen LogP contribution in [0, 0.1) is 13.8 Å². The molecule has 0 amide bonds. The molecule has 1 fully saturated rings. The molecule has 4 rings (SSSR count). The van der Waals surface area contributed by atoms with Crippen LogP contribution in [0.4, 0.5) is 0 Å². The quantitative estimate of drug-likeness (QED) is 0.682. The number of aromatic nitrogens is 2. The average Bonchev–Trinajstić information content (AvgIpc) is 2.89. The molecule has 0 unspecified atom stereocenters. The van der Waals surface area contributed by atoms with Gasteiger partial charge in [-0.05, 0) is 49.9 Å². The summed E-state index contributed by atoms with van der Waals surface area (Å²) in [7, 11) is -3.49. The van der Waals surface area contributed by atoms with Gasteiger partial charge in [0.15, 0.2) is 0 Å². The fourth-order valence-electron chi connectivity index (χ4n) is 3.75. The van der Waals surface area contributed by atoms with E-state index < -0.39 is 10.0 Å². The second-order valence-corrected chi connectivity index (χ2v) is 9.25. The van der Waals surface area contributed by atoms with E-state index in [1.54, 1.807) is 10.4 Å². The van der Waals surface area contributed by atoms with Crippen molar-refractivity contribution >= 4 is 15.7 Å². The lowest BCUT2D eigenvalue weighted by atomic mass is 10.1. The Bertz CT molecular complexity index is 1080. The molecule has 0 N–H and O–H groups in total. The molecule has 0 radical (unpaired) electrons. The fraction of sp³-hybridized carbons (Fsp3) is 0.381.